The van der Waals surface area contributed by atoms with Crippen LogP contribution in [0.25, 0.3) is 10.8 Å². The Balaban J connectivity index is 0.000000720. The summed E-state index contributed by atoms with van der Waals surface area (Å²) in [7, 11) is 0. The SMILES string of the molecule is CSCC[C@H](NC(=O)c1ccc(N)c2ccccc12)C(=O)O.N[C@@H](CS)C(=O)O.O=C(O)C(F)(F)F. The number of alkyl halides is 3. The van der Waals surface area contributed by atoms with E-state index in [4.69, 9.17) is 26.5 Å². The molecule has 0 aliphatic heterocycles. The predicted octanol–water partition coefficient (Wildman–Crippen LogP) is 2.32. The van der Waals surface area contributed by atoms with Crippen LogP contribution >= 0.6 is 24.4 Å². The number of fused-ring (bicyclic) bond motifs is 1. The molecule has 0 aliphatic carbocycles. The van der Waals surface area contributed by atoms with Crippen molar-refractivity contribution in [1.82, 2.24) is 5.32 Å². The molecule has 200 valence electrons. The van der Waals surface area contributed by atoms with Crippen LogP contribution in [0.15, 0.2) is 36.4 Å². The van der Waals surface area contributed by atoms with Crippen molar-refractivity contribution in [3.63, 3.8) is 0 Å². The first-order chi connectivity index (χ1) is 16.7. The maximum Gasteiger partial charge on any atom is 0.490 e. The van der Waals surface area contributed by atoms with Gasteiger partial charge in [0.25, 0.3) is 5.91 Å². The molecule has 0 bridgehead atoms. The maximum atomic E-state index is 12.4. The number of nitrogens with one attached hydrogen (secondary N) is 1. The molecule has 2 rings (SSSR count). The molecular formula is C21H26F3N3O7S2. The Labute approximate surface area is 213 Å². The zero-order valence-corrected chi connectivity index (χ0v) is 20.6. The van der Waals surface area contributed by atoms with Crippen molar-refractivity contribution in [2.45, 2.75) is 24.7 Å². The standard InChI is InChI=1S/C16H18N2O3S.C3H7NO2S.C2HF3O2/c1-22-9-8-14(16(20)21)18-15(19)12-6-7-13(17)11-5-3-2-4-10(11)12;4-2(1-7)3(5)6;3-2(4,5)1(6)7/h2-7,14H,8-9,17H2,1H3,(H,18,19)(H,20,21);2,7H,1,4H2,(H,5,6);(H,6,7)/t14-;2-;/m00./s1. The van der Waals surface area contributed by atoms with Gasteiger partial charge in [-0.1, -0.05) is 24.3 Å². The minimum atomic E-state index is -5.08. The van der Waals surface area contributed by atoms with E-state index < -0.39 is 42.1 Å². The van der Waals surface area contributed by atoms with E-state index in [1.807, 2.05) is 24.5 Å². The first-order valence-corrected chi connectivity index (χ1v) is 11.9. The minimum Gasteiger partial charge on any atom is -0.480 e. The molecule has 0 aliphatic rings. The van der Waals surface area contributed by atoms with Crippen molar-refractivity contribution in [3.05, 3.63) is 42.0 Å². The van der Waals surface area contributed by atoms with Gasteiger partial charge in [0.05, 0.1) is 0 Å². The quantitative estimate of drug-likeness (QED) is 0.188. The molecule has 0 spiro atoms. The molecule has 10 nitrogen and oxygen atoms in total. The molecule has 0 unspecified atom stereocenters. The molecule has 2 aromatic rings. The van der Waals surface area contributed by atoms with Gasteiger partial charge >= 0.3 is 24.1 Å². The summed E-state index contributed by atoms with van der Waals surface area (Å²) >= 11 is 5.19. The molecule has 36 heavy (non-hydrogen) atoms. The van der Waals surface area contributed by atoms with Gasteiger partial charge in [0.15, 0.2) is 0 Å². The van der Waals surface area contributed by atoms with Crippen LogP contribution in [0.4, 0.5) is 18.9 Å². The lowest BCUT2D eigenvalue weighted by Gasteiger charge is -2.15. The van der Waals surface area contributed by atoms with Crippen molar-refractivity contribution in [2.24, 2.45) is 5.73 Å². The number of thiol groups is 1. The number of rotatable bonds is 8. The molecule has 15 heteroatoms. The average Bonchev–Trinajstić information content (AvgIpc) is 2.81. The van der Waals surface area contributed by atoms with Crippen LogP contribution in [0.3, 0.4) is 0 Å². The molecule has 0 radical (unpaired) electrons. The molecule has 0 saturated carbocycles. The number of carbonyl (C=O) groups is 4. The van der Waals surface area contributed by atoms with Gasteiger partial charge in [-0.15, -0.1) is 0 Å². The highest BCUT2D eigenvalue weighted by Gasteiger charge is 2.38. The van der Waals surface area contributed by atoms with E-state index in [-0.39, 0.29) is 5.75 Å². The zero-order valence-electron chi connectivity index (χ0n) is 18.9. The molecule has 0 fully saturated rings. The van der Waals surface area contributed by atoms with Crippen LogP contribution < -0.4 is 16.8 Å². The number of anilines is 1. The Morgan fingerprint density at radius 3 is 1.94 bits per heavy atom. The highest BCUT2D eigenvalue weighted by Crippen LogP contribution is 2.24. The van der Waals surface area contributed by atoms with E-state index in [9.17, 15) is 32.7 Å². The number of nitrogen functional groups attached to an aromatic ring is 1. The third kappa shape index (κ3) is 11.5. The van der Waals surface area contributed by atoms with E-state index in [1.165, 1.54) is 0 Å². The van der Waals surface area contributed by atoms with Crippen LogP contribution in [-0.4, -0.2) is 75.2 Å². The van der Waals surface area contributed by atoms with E-state index in [0.717, 1.165) is 5.39 Å². The second-order valence-electron chi connectivity index (χ2n) is 6.82. The molecule has 0 saturated heterocycles. The van der Waals surface area contributed by atoms with Crippen LogP contribution in [0.5, 0.6) is 0 Å². The Morgan fingerprint density at radius 1 is 1.03 bits per heavy atom. The summed E-state index contributed by atoms with van der Waals surface area (Å²) in [6.07, 6.45) is -2.80. The van der Waals surface area contributed by atoms with E-state index in [1.54, 1.807) is 30.0 Å². The number of hydrogen-bond donors (Lipinski definition) is 7. The lowest BCUT2D eigenvalue weighted by molar-refractivity contribution is -0.192. The van der Waals surface area contributed by atoms with Gasteiger partial charge in [0.2, 0.25) is 0 Å². The van der Waals surface area contributed by atoms with Gasteiger partial charge in [0.1, 0.15) is 12.1 Å². The normalized spacial score (nSPS) is 12.2. The van der Waals surface area contributed by atoms with Crippen molar-refractivity contribution < 1.29 is 47.7 Å². The van der Waals surface area contributed by atoms with Gasteiger partial charge in [-0.3, -0.25) is 9.59 Å². The first kappa shape index (κ1) is 32.8. The lowest BCUT2D eigenvalue weighted by Crippen LogP contribution is -2.41. The maximum absolute atomic E-state index is 12.4. The highest BCUT2D eigenvalue weighted by atomic mass is 32.2. The number of carboxylic acids is 3. The highest BCUT2D eigenvalue weighted by molar-refractivity contribution is 7.98. The predicted molar refractivity (Wildman–Crippen MR) is 133 cm³/mol. The first-order valence-electron chi connectivity index (χ1n) is 9.86. The Morgan fingerprint density at radius 2 is 1.56 bits per heavy atom. The third-order valence-electron chi connectivity index (χ3n) is 4.17. The fourth-order valence-electron chi connectivity index (χ4n) is 2.33. The number of halogens is 3. The third-order valence-corrected chi connectivity index (χ3v) is 5.21. The number of benzene rings is 2. The number of nitrogens with two attached hydrogens (primary N) is 2. The van der Waals surface area contributed by atoms with Crippen LogP contribution in [-0.2, 0) is 14.4 Å². The van der Waals surface area contributed by atoms with Gasteiger partial charge < -0.3 is 32.1 Å². The smallest absolute Gasteiger partial charge is 0.480 e. The molecule has 0 heterocycles. The summed E-state index contributed by atoms with van der Waals surface area (Å²) in [6.45, 7) is 0. The second-order valence-corrected chi connectivity index (χ2v) is 8.17. The lowest BCUT2D eigenvalue weighted by atomic mass is 10.0. The summed E-state index contributed by atoms with van der Waals surface area (Å²) in [6, 6.07) is 8.89. The van der Waals surface area contributed by atoms with Crippen molar-refractivity contribution in [1.29, 1.82) is 0 Å². The van der Waals surface area contributed by atoms with Gasteiger partial charge in [-0.05, 0) is 35.9 Å². The summed E-state index contributed by atoms with van der Waals surface area (Å²) in [5.41, 5.74) is 11.9. The summed E-state index contributed by atoms with van der Waals surface area (Å²) in [5.74, 6) is -4.33. The number of aliphatic carboxylic acids is 3. The molecular weight excluding hydrogens is 527 g/mol. The summed E-state index contributed by atoms with van der Waals surface area (Å²) in [4.78, 5) is 42.3. The van der Waals surface area contributed by atoms with Gasteiger partial charge in [-0.25, -0.2) is 9.59 Å². The Kier molecular flexibility index (Phi) is 14.4. The van der Waals surface area contributed by atoms with Gasteiger partial charge in [-0.2, -0.15) is 37.6 Å². The number of amides is 1. The minimum absolute atomic E-state index is 0.190. The zero-order chi connectivity index (χ0) is 28.1. The fraction of sp³-hybridized carbons (Fsp3) is 0.333. The van der Waals surface area contributed by atoms with Gasteiger partial charge in [0, 0.05) is 22.4 Å². The molecule has 2 atom stereocenters. The van der Waals surface area contributed by atoms with E-state index >= 15 is 0 Å². The van der Waals surface area contributed by atoms with E-state index in [2.05, 4.69) is 17.9 Å². The van der Waals surface area contributed by atoms with E-state index in [0.29, 0.717) is 28.8 Å². The topological polar surface area (TPSA) is 193 Å². The summed E-state index contributed by atoms with van der Waals surface area (Å²) < 4.78 is 31.7. The molecule has 1 amide bonds. The summed E-state index contributed by atoms with van der Waals surface area (Å²) in [5, 5.41) is 28.4. The molecule has 8 N–H and O–H groups in total. The number of hydrogen-bond acceptors (Lipinski definition) is 8. The second kappa shape index (κ2) is 15.7. The van der Waals surface area contributed by atoms with Crippen LogP contribution in [0, 0.1) is 0 Å². The fourth-order valence-corrected chi connectivity index (χ4v) is 2.96. The molecule has 0 aromatic heterocycles. The average molecular weight is 554 g/mol. The Bertz CT molecular complexity index is 1060. The largest absolute Gasteiger partial charge is 0.490 e. The number of carbonyl (C=O) groups excluding carboxylic acids is 1. The van der Waals surface area contributed by atoms with Crippen molar-refractivity contribution in [2.75, 3.05) is 23.5 Å². The van der Waals surface area contributed by atoms with Crippen molar-refractivity contribution >= 4 is 64.7 Å². The van der Waals surface area contributed by atoms with Crippen LogP contribution in [0.2, 0.25) is 0 Å². The van der Waals surface area contributed by atoms with Crippen LogP contribution in [0.1, 0.15) is 16.8 Å². The number of thioether (sulfide) groups is 1. The van der Waals surface area contributed by atoms with Crippen molar-refractivity contribution in [3.8, 4) is 0 Å². The molecule has 2 aromatic carbocycles. The Hall–Kier alpha value is -3.17. The number of carboxylic acid groups (broad SMARTS) is 3. The monoisotopic (exact) mass is 553 g/mol.